The SMILES string of the molecule is CN(C)C(=S)c1sc(-c2cccnc2)nc1Cl. The Balaban J connectivity index is 2.41. The van der Waals surface area contributed by atoms with Crippen LogP contribution in [0.5, 0.6) is 0 Å². The van der Waals surface area contributed by atoms with Crippen molar-refractivity contribution in [3.8, 4) is 10.6 Å². The number of thiocarbonyl (C=S) groups is 1. The van der Waals surface area contributed by atoms with Gasteiger partial charge in [0.2, 0.25) is 0 Å². The first-order chi connectivity index (χ1) is 8.09. The molecule has 17 heavy (non-hydrogen) atoms. The first-order valence-corrected chi connectivity index (χ1v) is 6.48. The largest absolute Gasteiger partial charge is 0.368 e. The lowest BCUT2D eigenvalue weighted by Crippen LogP contribution is -2.19. The summed E-state index contributed by atoms with van der Waals surface area (Å²) in [5.74, 6) is 0. The Morgan fingerprint density at radius 2 is 2.24 bits per heavy atom. The molecule has 0 spiro atoms. The molecule has 0 saturated carbocycles. The summed E-state index contributed by atoms with van der Waals surface area (Å²) in [6.07, 6.45) is 3.49. The van der Waals surface area contributed by atoms with Gasteiger partial charge in [-0.1, -0.05) is 23.8 Å². The molecule has 0 radical (unpaired) electrons. The van der Waals surface area contributed by atoms with Gasteiger partial charge in [0, 0.05) is 32.1 Å². The lowest BCUT2D eigenvalue weighted by atomic mass is 10.3. The third-order valence-electron chi connectivity index (χ3n) is 2.09. The maximum absolute atomic E-state index is 6.10. The predicted octanol–water partition coefficient (Wildman–Crippen LogP) is 3.10. The van der Waals surface area contributed by atoms with E-state index in [4.69, 9.17) is 23.8 Å². The fourth-order valence-corrected chi connectivity index (χ4v) is 2.84. The number of hydrogen-bond donors (Lipinski definition) is 0. The minimum absolute atomic E-state index is 0.451. The fourth-order valence-electron chi connectivity index (χ4n) is 1.25. The third kappa shape index (κ3) is 2.62. The van der Waals surface area contributed by atoms with Crippen molar-refractivity contribution in [2.24, 2.45) is 0 Å². The van der Waals surface area contributed by atoms with Crippen LogP contribution in [0.15, 0.2) is 24.5 Å². The third-order valence-corrected chi connectivity index (χ3v) is 4.29. The lowest BCUT2D eigenvalue weighted by Gasteiger charge is -2.11. The molecule has 2 aromatic rings. The molecule has 0 unspecified atom stereocenters. The highest BCUT2D eigenvalue weighted by molar-refractivity contribution is 7.81. The van der Waals surface area contributed by atoms with Crippen molar-refractivity contribution in [1.82, 2.24) is 14.9 Å². The standard InChI is InChI=1S/C11H10ClN3S2/c1-15(2)11(16)8-9(12)14-10(17-8)7-4-3-5-13-6-7/h3-6H,1-2H3. The van der Waals surface area contributed by atoms with Crippen molar-refractivity contribution in [2.75, 3.05) is 14.1 Å². The van der Waals surface area contributed by atoms with Gasteiger partial charge in [-0.3, -0.25) is 4.98 Å². The molecule has 0 aromatic carbocycles. The Labute approximate surface area is 114 Å². The molecule has 88 valence electrons. The summed E-state index contributed by atoms with van der Waals surface area (Å²) in [5, 5.41) is 1.29. The van der Waals surface area contributed by atoms with Crippen molar-refractivity contribution in [2.45, 2.75) is 0 Å². The van der Waals surface area contributed by atoms with Crippen LogP contribution in [-0.4, -0.2) is 34.0 Å². The number of nitrogens with zero attached hydrogens (tertiary/aromatic N) is 3. The zero-order chi connectivity index (χ0) is 12.4. The molecule has 0 amide bonds. The van der Waals surface area contributed by atoms with Crippen LogP contribution < -0.4 is 0 Å². The Morgan fingerprint density at radius 1 is 1.47 bits per heavy atom. The van der Waals surface area contributed by atoms with Gasteiger partial charge in [-0.25, -0.2) is 4.98 Å². The maximum Gasteiger partial charge on any atom is 0.150 e. The van der Waals surface area contributed by atoms with Crippen LogP contribution in [0.2, 0.25) is 5.15 Å². The topological polar surface area (TPSA) is 29.0 Å². The summed E-state index contributed by atoms with van der Waals surface area (Å²) in [4.78, 5) is 11.7. The normalized spacial score (nSPS) is 10.3. The van der Waals surface area contributed by atoms with Crippen LogP contribution in [0.25, 0.3) is 10.6 Å². The zero-order valence-electron chi connectivity index (χ0n) is 9.35. The highest BCUT2D eigenvalue weighted by atomic mass is 35.5. The molecule has 0 atom stereocenters. The zero-order valence-corrected chi connectivity index (χ0v) is 11.7. The maximum atomic E-state index is 6.10. The first kappa shape index (κ1) is 12.4. The van der Waals surface area contributed by atoms with Gasteiger partial charge in [0.1, 0.15) is 14.9 Å². The Hall–Kier alpha value is -1.04. The van der Waals surface area contributed by atoms with Gasteiger partial charge in [-0.05, 0) is 12.1 Å². The van der Waals surface area contributed by atoms with E-state index < -0.39 is 0 Å². The van der Waals surface area contributed by atoms with E-state index in [1.807, 2.05) is 31.1 Å². The van der Waals surface area contributed by atoms with Crippen LogP contribution in [-0.2, 0) is 0 Å². The molecule has 0 aliphatic heterocycles. The second-order valence-corrected chi connectivity index (χ2v) is 5.32. The Kier molecular flexibility index (Phi) is 3.71. The highest BCUT2D eigenvalue weighted by Gasteiger charge is 2.15. The molecule has 0 fully saturated rings. The first-order valence-electron chi connectivity index (χ1n) is 4.88. The smallest absolute Gasteiger partial charge is 0.150 e. The molecule has 0 saturated heterocycles. The van der Waals surface area contributed by atoms with Crippen molar-refractivity contribution in [3.05, 3.63) is 34.6 Å². The van der Waals surface area contributed by atoms with E-state index in [1.54, 1.807) is 12.4 Å². The molecule has 3 nitrogen and oxygen atoms in total. The van der Waals surface area contributed by atoms with E-state index in [0.29, 0.717) is 10.1 Å². The van der Waals surface area contributed by atoms with Gasteiger partial charge in [-0.15, -0.1) is 11.3 Å². The van der Waals surface area contributed by atoms with Crippen molar-refractivity contribution in [3.63, 3.8) is 0 Å². The minimum Gasteiger partial charge on any atom is -0.368 e. The molecule has 0 aliphatic rings. The van der Waals surface area contributed by atoms with Crippen LogP contribution in [0.3, 0.4) is 0 Å². The number of halogens is 1. The molecule has 0 bridgehead atoms. The average molecular weight is 284 g/mol. The second-order valence-electron chi connectivity index (χ2n) is 3.58. The molecule has 2 aromatic heterocycles. The van der Waals surface area contributed by atoms with Gasteiger partial charge < -0.3 is 4.90 Å². The molecule has 2 rings (SSSR count). The number of aromatic nitrogens is 2. The van der Waals surface area contributed by atoms with E-state index in [9.17, 15) is 0 Å². The van der Waals surface area contributed by atoms with Gasteiger partial charge in [0.05, 0.1) is 0 Å². The van der Waals surface area contributed by atoms with Crippen LogP contribution >= 0.6 is 35.2 Å². The lowest BCUT2D eigenvalue weighted by molar-refractivity contribution is 0.638. The van der Waals surface area contributed by atoms with Gasteiger partial charge >= 0.3 is 0 Å². The fraction of sp³-hybridized carbons (Fsp3) is 0.182. The molecular weight excluding hydrogens is 274 g/mol. The summed E-state index contributed by atoms with van der Waals surface area (Å²) >= 11 is 12.9. The van der Waals surface area contributed by atoms with E-state index in [1.165, 1.54) is 11.3 Å². The van der Waals surface area contributed by atoms with Crippen LogP contribution in [0.1, 0.15) is 4.88 Å². The van der Waals surface area contributed by atoms with E-state index in [2.05, 4.69) is 9.97 Å². The minimum atomic E-state index is 0.451. The summed E-state index contributed by atoms with van der Waals surface area (Å²) in [5.41, 5.74) is 0.951. The van der Waals surface area contributed by atoms with Crippen molar-refractivity contribution in [1.29, 1.82) is 0 Å². The van der Waals surface area contributed by atoms with Gasteiger partial charge in [0.15, 0.2) is 5.15 Å². The van der Waals surface area contributed by atoms with Crippen LogP contribution in [0.4, 0.5) is 0 Å². The summed E-state index contributed by atoms with van der Waals surface area (Å²) in [6, 6.07) is 3.82. The van der Waals surface area contributed by atoms with E-state index in [-0.39, 0.29) is 0 Å². The molecule has 0 aliphatic carbocycles. The Bertz CT molecular complexity index is 537. The van der Waals surface area contributed by atoms with E-state index in [0.717, 1.165) is 15.4 Å². The van der Waals surface area contributed by atoms with Gasteiger partial charge in [-0.2, -0.15) is 0 Å². The highest BCUT2D eigenvalue weighted by Crippen LogP contribution is 2.31. The monoisotopic (exact) mass is 283 g/mol. The predicted molar refractivity (Wildman–Crippen MR) is 75.7 cm³/mol. The quantitative estimate of drug-likeness (QED) is 0.792. The van der Waals surface area contributed by atoms with E-state index >= 15 is 0 Å². The number of thiazole rings is 1. The number of pyridine rings is 1. The second kappa shape index (κ2) is 5.08. The van der Waals surface area contributed by atoms with Gasteiger partial charge in [0.25, 0.3) is 0 Å². The summed E-state index contributed by atoms with van der Waals surface area (Å²) in [7, 11) is 3.78. The molecule has 0 N–H and O–H groups in total. The molecule has 6 heteroatoms. The van der Waals surface area contributed by atoms with Crippen molar-refractivity contribution >= 4 is 40.1 Å². The summed E-state index contributed by atoms with van der Waals surface area (Å²) < 4.78 is 0. The molecule has 2 heterocycles. The van der Waals surface area contributed by atoms with Crippen molar-refractivity contribution < 1.29 is 0 Å². The van der Waals surface area contributed by atoms with Crippen LogP contribution in [0, 0.1) is 0 Å². The Morgan fingerprint density at radius 3 is 2.82 bits per heavy atom. The summed E-state index contributed by atoms with van der Waals surface area (Å²) in [6.45, 7) is 0. The number of hydrogen-bond acceptors (Lipinski definition) is 4. The molecular formula is C11H10ClN3S2. The average Bonchev–Trinajstić information content (AvgIpc) is 2.71. The number of rotatable bonds is 2.